The topological polar surface area (TPSA) is 81.7 Å². The Kier molecular flexibility index (Phi) is 4.97. The molecule has 1 aromatic heterocycles. The lowest BCUT2D eigenvalue weighted by Gasteiger charge is -2.09. The second-order valence-corrected chi connectivity index (χ2v) is 6.16. The summed E-state index contributed by atoms with van der Waals surface area (Å²) in [5.41, 5.74) is 2.19. The first-order valence-electron chi connectivity index (χ1n) is 8.75. The van der Waals surface area contributed by atoms with Crippen LogP contribution in [-0.4, -0.2) is 24.8 Å². The van der Waals surface area contributed by atoms with Gasteiger partial charge in [-0.05, 0) is 42.0 Å². The van der Waals surface area contributed by atoms with Gasteiger partial charge in [0.2, 0.25) is 6.79 Å². The van der Waals surface area contributed by atoms with E-state index < -0.39 is 0 Å². The summed E-state index contributed by atoms with van der Waals surface area (Å²) >= 11 is 0. The summed E-state index contributed by atoms with van der Waals surface area (Å²) < 4.78 is 15.9. The number of anilines is 2. The third-order valence-corrected chi connectivity index (χ3v) is 4.26. The molecule has 28 heavy (non-hydrogen) atoms. The van der Waals surface area contributed by atoms with Gasteiger partial charge >= 0.3 is 0 Å². The second-order valence-electron chi connectivity index (χ2n) is 6.16. The van der Waals surface area contributed by atoms with Gasteiger partial charge in [-0.2, -0.15) is 0 Å². The summed E-state index contributed by atoms with van der Waals surface area (Å²) in [7, 11) is 1.59. The molecule has 0 fully saturated rings. The van der Waals surface area contributed by atoms with Crippen molar-refractivity contribution in [3.8, 4) is 17.2 Å². The highest BCUT2D eigenvalue weighted by Gasteiger charge is 2.13. The number of pyridine rings is 1. The predicted molar refractivity (Wildman–Crippen MR) is 105 cm³/mol. The Bertz CT molecular complexity index is 1010. The number of fused-ring (bicyclic) bond motifs is 1. The standard InChI is InChI=1S/C21H19N3O4/c1-26-17-4-2-3-16(11-17)24-21(25)15-7-8-22-20(10-15)23-12-14-5-6-18-19(9-14)28-13-27-18/h2-11H,12-13H2,1H3,(H,22,23)(H,24,25). The number of methoxy groups -OCH3 is 1. The van der Waals surface area contributed by atoms with E-state index in [0.717, 1.165) is 17.1 Å². The maximum atomic E-state index is 12.5. The lowest BCUT2D eigenvalue weighted by Crippen LogP contribution is -2.12. The molecular formula is C21H19N3O4. The van der Waals surface area contributed by atoms with Crippen molar-refractivity contribution in [2.45, 2.75) is 6.54 Å². The van der Waals surface area contributed by atoms with Crippen LogP contribution in [0.25, 0.3) is 0 Å². The first kappa shape index (κ1) is 17.7. The zero-order chi connectivity index (χ0) is 19.3. The lowest BCUT2D eigenvalue weighted by atomic mass is 10.2. The maximum absolute atomic E-state index is 12.5. The molecule has 0 saturated heterocycles. The normalized spacial score (nSPS) is 11.8. The molecule has 0 atom stereocenters. The monoisotopic (exact) mass is 377 g/mol. The van der Waals surface area contributed by atoms with E-state index in [2.05, 4.69) is 15.6 Å². The summed E-state index contributed by atoms with van der Waals surface area (Å²) in [6, 6.07) is 16.3. The molecule has 1 amide bonds. The summed E-state index contributed by atoms with van der Waals surface area (Å²) in [6.45, 7) is 0.794. The van der Waals surface area contributed by atoms with Crippen molar-refractivity contribution in [1.82, 2.24) is 4.98 Å². The van der Waals surface area contributed by atoms with Crippen LogP contribution in [0.15, 0.2) is 60.8 Å². The molecule has 2 aromatic carbocycles. The molecule has 1 aliphatic heterocycles. The van der Waals surface area contributed by atoms with Crippen LogP contribution in [0.2, 0.25) is 0 Å². The Morgan fingerprint density at radius 1 is 1.11 bits per heavy atom. The molecule has 0 unspecified atom stereocenters. The van der Waals surface area contributed by atoms with Gasteiger partial charge in [0.15, 0.2) is 11.5 Å². The van der Waals surface area contributed by atoms with Crippen LogP contribution in [0, 0.1) is 0 Å². The fourth-order valence-corrected chi connectivity index (χ4v) is 2.82. The molecule has 142 valence electrons. The minimum Gasteiger partial charge on any atom is -0.497 e. The van der Waals surface area contributed by atoms with E-state index in [-0.39, 0.29) is 12.7 Å². The van der Waals surface area contributed by atoms with Crippen molar-refractivity contribution in [3.63, 3.8) is 0 Å². The molecule has 0 spiro atoms. The highest BCUT2D eigenvalue weighted by molar-refractivity contribution is 6.04. The average Bonchev–Trinajstić information content (AvgIpc) is 3.20. The van der Waals surface area contributed by atoms with Crippen LogP contribution in [0.3, 0.4) is 0 Å². The van der Waals surface area contributed by atoms with Gasteiger partial charge < -0.3 is 24.8 Å². The number of aromatic nitrogens is 1. The number of nitrogens with zero attached hydrogens (tertiary/aromatic N) is 1. The Hall–Kier alpha value is -3.74. The first-order chi connectivity index (χ1) is 13.7. The van der Waals surface area contributed by atoms with Gasteiger partial charge in [0.05, 0.1) is 7.11 Å². The lowest BCUT2D eigenvalue weighted by molar-refractivity contribution is 0.102. The molecule has 3 aromatic rings. The number of ether oxygens (including phenoxy) is 3. The average molecular weight is 377 g/mol. The number of hydrogen-bond acceptors (Lipinski definition) is 6. The van der Waals surface area contributed by atoms with Crippen molar-refractivity contribution in [3.05, 3.63) is 71.9 Å². The van der Waals surface area contributed by atoms with Crippen LogP contribution in [0.1, 0.15) is 15.9 Å². The van der Waals surface area contributed by atoms with Crippen LogP contribution >= 0.6 is 0 Å². The van der Waals surface area contributed by atoms with Crippen LogP contribution in [-0.2, 0) is 6.54 Å². The van der Waals surface area contributed by atoms with E-state index >= 15 is 0 Å². The Morgan fingerprint density at radius 2 is 2.00 bits per heavy atom. The quantitative estimate of drug-likeness (QED) is 0.682. The summed E-state index contributed by atoms with van der Waals surface area (Å²) in [4.78, 5) is 16.8. The van der Waals surface area contributed by atoms with E-state index in [9.17, 15) is 4.79 Å². The van der Waals surface area contributed by atoms with Gasteiger partial charge in [-0.25, -0.2) is 4.98 Å². The van der Waals surface area contributed by atoms with Crippen LogP contribution in [0.4, 0.5) is 11.5 Å². The van der Waals surface area contributed by atoms with Crippen molar-refractivity contribution in [2.24, 2.45) is 0 Å². The van der Waals surface area contributed by atoms with Gasteiger partial charge in [-0.1, -0.05) is 12.1 Å². The van der Waals surface area contributed by atoms with E-state index in [1.807, 2.05) is 30.3 Å². The molecular weight excluding hydrogens is 358 g/mol. The highest BCUT2D eigenvalue weighted by Crippen LogP contribution is 2.32. The third kappa shape index (κ3) is 3.98. The number of rotatable bonds is 6. The highest BCUT2D eigenvalue weighted by atomic mass is 16.7. The summed E-state index contributed by atoms with van der Waals surface area (Å²) in [5.74, 6) is 2.55. The second kappa shape index (κ2) is 7.87. The minimum absolute atomic E-state index is 0.221. The van der Waals surface area contributed by atoms with Gasteiger partial charge in [0, 0.05) is 30.1 Å². The van der Waals surface area contributed by atoms with Crippen molar-refractivity contribution < 1.29 is 19.0 Å². The van der Waals surface area contributed by atoms with Crippen LogP contribution < -0.4 is 24.8 Å². The number of nitrogens with one attached hydrogen (secondary N) is 2. The number of hydrogen-bond donors (Lipinski definition) is 2. The third-order valence-electron chi connectivity index (χ3n) is 4.26. The van der Waals surface area contributed by atoms with Gasteiger partial charge in [-0.15, -0.1) is 0 Å². The Morgan fingerprint density at radius 3 is 2.89 bits per heavy atom. The van der Waals surface area contributed by atoms with E-state index in [0.29, 0.717) is 29.4 Å². The van der Waals surface area contributed by atoms with E-state index in [1.165, 1.54) is 0 Å². The molecule has 7 nitrogen and oxygen atoms in total. The number of carbonyl (C=O) groups excluding carboxylic acids is 1. The molecule has 0 radical (unpaired) electrons. The molecule has 4 rings (SSSR count). The van der Waals surface area contributed by atoms with Crippen molar-refractivity contribution >= 4 is 17.4 Å². The SMILES string of the molecule is COc1cccc(NC(=O)c2ccnc(NCc3ccc4c(c3)OCO4)c2)c1. The molecule has 0 bridgehead atoms. The Labute approximate surface area is 162 Å². The minimum atomic E-state index is -0.221. The van der Waals surface area contributed by atoms with E-state index in [1.54, 1.807) is 37.6 Å². The van der Waals surface area contributed by atoms with Crippen molar-refractivity contribution in [1.29, 1.82) is 0 Å². The smallest absolute Gasteiger partial charge is 0.255 e. The zero-order valence-electron chi connectivity index (χ0n) is 15.3. The first-order valence-corrected chi connectivity index (χ1v) is 8.75. The molecule has 2 heterocycles. The molecule has 2 N–H and O–H groups in total. The summed E-state index contributed by atoms with van der Waals surface area (Å²) in [6.07, 6.45) is 1.60. The fourth-order valence-electron chi connectivity index (χ4n) is 2.82. The van der Waals surface area contributed by atoms with E-state index in [4.69, 9.17) is 14.2 Å². The molecule has 7 heteroatoms. The number of amides is 1. The number of benzene rings is 2. The van der Waals surface area contributed by atoms with Gasteiger partial charge in [0.1, 0.15) is 11.6 Å². The Balaban J connectivity index is 1.41. The van der Waals surface area contributed by atoms with Gasteiger partial charge in [-0.3, -0.25) is 4.79 Å². The molecule has 1 aliphatic rings. The maximum Gasteiger partial charge on any atom is 0.255 e. The predicted octanol–water partition coefficient (Wildman–Crippen LogP) is 3.68. The van der Waals surface area contributed by atoms with Gasteiger partial charge in [0.25, 0.3) is 5.91 Å². The van der Waals surface area contributed by atoms with Crippen LogP contribution in [0.5, 0.6) is 17.2 Å². The fraction of sp³-hybridized carbons (Fsp3) is 0.143. The zero-order valence-corrected chi connectivity index (χ0v) is 15.3. The summed E-state index contributed by atoms with van der Waals surface area (Å²) in [5, 5.41) is 6.08. The largest absolute Gasteiger partial charge is 0.497 e. The molecule has 0 aliphatic carbocycles. The molecule has 0 saturated carbocycles. The number of carbonyl (C=O) groups is 1. The van der Waals surface area contributed by atoms with Crippen molar-refractivity contribution in [2.75, 3.05) is 24.5 Å².